The zero-order chi connectivity index (χ0) is 11.6. The van der Waals surface area contributed by atoms with E-state index >= 15 is 0 Å². The number of aryl methyl sites for hydroxylation is 2. The highest BCUT2D eigenvalue weighted by Crippen LogP contribution is 2.26. The Morgan fingerprint density at radius 2 is 2.00 bits per heavy atom. The Labute approximate surface area is 95.2 Å². The maximum Gasteiger partial charge on any atom is 0.184 e. The van der Waals surface area contributed by atoms with Gasteiger partial charge in [0.25, 0.3) is 0 Å². The number of ether oxygens (including phenoxy) is 1. The van der Waals surface area contributed by atoms with Crippen LogP contribution in [0.2, 0.25) is 0 Å². The number of ketones is 1. The zero-order valence-electron chi connectivity index (χ0n) is 9.43. The minimum Gasteiger partial charge on any atom is -0.496 e. The Kier molecular flexibility index (Phi) is 3.75. The molecule has 0 spiro atoms. The van der Waals surface area contributed by atoms with Gasteiger partial charge in [-0.3, -0.25) is 4.79 Å². The van der Waals surface area contributed by atoms with E-state index in [1.165, 1.54) is 0 Å². The Balaban J connectivity index is 3.32. The summed E-state index contributed by atoms with van der Waals surface area (Å²) >= 11 is 5.79. The summed E-state index contributed by atoms with van der Waals surface area (Å²) in [6, 6.07) is 3.79. The number of carbonyl (C=O) groups is 1. The van der Waals surface area contributed by atoms with Crippen LogP contribution in [0.3, 0.4) is 0 Å². The second kappa shape index (κ2) is 4.67. The minimum atomic E-state index is -0.528. The first-order chi connectivity index (χ1) is 6.97. The van der Waals surface area contributed by atoms with Gasteiger partial charge in [-0.25, -0.2) is 0 Å². The standard InChI is InChI=1S/C12H15ClO2/c1-7-5-8(2)12(15-4)10(6-7)11(14)9(3)13/h5-6,9H,1-4H3. The van der Waals surface area contributed by atoms with Crippen LogP contribution in [0, 0.1) is 13.8 Å². The molecule has 1 atom stereocenters. The highest BCUT2D eigenvalue weighted by atomic mass is 35.5. The molecule has 0 fully saturated rings. The summed E-state index contributed by atoms with van der Waals surface area (Å²) in [6.45, 7) is 5.53. The van der Waals surface area contributed by atoms with Gasteiger partial charge in [-0.05, 0) is 38.0 Å². The molecule has 0 saturated heterocycles. The van der Waals surface area contributed by atoms with E-state index in [9.17, 15) is 4.79 Å². The Bertz CT molecular complexity index is 383. The van der Waals surface area contributed by atoms with Gasteiger partial charge < -0.3 is 4.74 Å². The largest absolute Gasteiger partial charge is 0.496 e. The van der Waals surface area contributed by atoms with Crippen molar-refractivity contribution >= 4 is 17.4 Å². The average molecular weight is 227 g/mol. The molecule has 0 radical (unpaired) electrons. The summed E-state index contributed by atoms with van der Waals surface area (Å²) in [4.78, 5) is 11.8. The number of Topliss-reactive ketones (excluding diaryl/α,β-unsaturated/α-hetero) is 1. The lowest BCUT2D eigenvalue weighted by molar-refractivity contribution is 0.0988. The maximum atomic E-state index is 11.8. The number of benzene rings is 1. The summed E-state index contributed by atoms with van der Waals surface area (Å²) in [6.07, 6.45) is 0. The van der Waals surface area contributed by atoms with Gasteiger partial charge in [0.15, 0.2) is 5.78 Å². The molecular weight excluding hydrogens is 212 g/mol. The quantitative estimate of drug-likeness (QED) is 0.585. The van der Waals surface area contributed by atoms with E-state index in [-0.39, 0.29) is 5.78 Å². The fraction of sp³-hybridized carbons (Fsp3) is 0.417. The summed E-state index contributed by atoms with van der Waals surface area (Å²) in [5, 5.41) is -0.528. The molecule has 1 unspecified atom stereocenters. The number of hydrogen-bond donors (Lipinski definition) is 0. The molecule has 0 heterocycles. The van der Waals surface area contributed by atoms with Crippen molar-refractivity contribution in [3.05, 3.63) is 28.8 Å². The van der Waals surface area contributed by atoms with Crippen LogP contribution in [0.5, 0.6) is 5.75 Å². The molecule has 0 aliphatic carbocycles. The third kappa shape index (κ3) is 2.51. The van der Waals surface area contributed by atoms with Gasteiger partial charge >= 0.3 is 0 Å². The number of alkyl halides is 1. The topological polar surface area (TPSA) is 26.3 Å². The Morgan fingerprint density at radius 3 is 2.47 bits per heavy atom. The highest BCUT2D eigenvalue weighted by molar-refractivity contribution is 6.34. The molecule has 15 heavy (non-hydrogen) atoms. The third-order valence-electron chi connectivity index (χ3n) is 2.25. The predicted molar refractivity (Wildman–Crippen MR) is 62.1 cm³/mol. The van der Waals surface area contributed by atoms with E-state index < -0.39 is 5.38 Å². The second-order valence-electron chi connectivity index (χ2n) is 3.64. The molecule has 2 nitrogen and oxygen atoms in total. The van der Waals surface area contributed by atoms with Gasteiger partial charge in [-0.15, -0.1) is 11.6 Å². The van der Waals surface area contributed by atoms with Crippen LogP contribution >= 0.6 is 11.6 Å². The highest BCUT2D eigenvalue weighted by Gasteiger charge is 2.18. The molecule has 0 saturated carbocycles. The first-order valence-corrected chi connectivity index (χ1v) is 5.24. The normalized spacial score (nSPS) is 12.3. The molecule has 0 amide bonds. The fourth-order valence-corrected chi connectivity index (χ4v) is 1.74. The van der Waals surface area contributed by atoms with Crippen molar-refractivity contribution in [2.75, 3.05) is 7.11 Å². The van der Waals surface area contributed by atoms with Gasteiger partial charge in [-0.1, -0.05) is 6.07 Å². The zero-order valence-corrected chi connectivity index (χ0v) is 10.2. The van der Waals surface area contributed by atoms with Crippen LogP contribution < -0.4 is 4.74 Å². The number of hydrogen-bond acceptors (Lipinski definition) is 2. The molecular formula is C12H15ClO2. The number of methoxy groups -OCH3 is 1. The summed E-state index contributed by atoms with van der Waals surface area (Å²) in [7, 11) is 1.56. The maximum absolute atomic E-state index is 11.8. The third-order valence-corrected chi connectivity index (χ3v) is 2.45. The van der Waals surface area contributed by atoms with E-state index in [4.69, 9.17) is 16.3 Å². The SMILES string of the molecule is COc1c(C)cc(C)cc1C(=O)C(C)Cl. The van der Waals surface area contributed by atoms with Crippen molar-refractivity contribution < 1.29 is 9.53 Å². The number of rotatable bonds is 3. The van der Waals surface area contributed by atoms with Crippen molar-refractivity contribution in [3.63, 3.8) is 0 Å². The van der Waals surface area contributed by atoms with Crippen molar-refractivity contribution in [3.8, 4) is 5.75 Å². The summed E-state index contributed by atoms with van der Waals surface area (Å²) < 4.78 is 5.22. The van der Waals surface area contributed by atoms with E-state index in [0.29, 0.717) is 11.3 Å². The second-order valence-corrected chi connectivity index (χ2v) is 4.30. The van der Waals surface area contributed by atoms with Gasteiger partial charge in [-0.2, -0.15) is 0 Å². The van der Waals surface area contributed by atoms with Crippen LogP contribution in [-0.2, 0) is 0 Å². The Morgan fingerprint density at radius 1 is 1.40 bits per heavy atom. The molecule has 1 aromatic rings. The van der Waals surface area contributed by atoms with E-state index in [2.05, 4.69) is 0 Å². The van der Waals surface area contributed by atoms with Crippen molar-refractivity contribution in [2.45, 2.75) is 26.1 Å². The van der Waals surface area contributed by atoms with Crippen molar-refractivity contribution in [1.29, 1.82) is 0 Å². The predicted octanol–water partition coefficient (Wildman–Crippen LogP) is 3.12. The lowest BCUT2D eigenvalue weighted by Gasteiger charge is -2.12. The molecule has 3 heteroatoms. The lowest BCUT2D eigenvalue weighted by Crippen LogP contribution is -2.12. The smallest absolute Gasteiger partial charge is 0.184 e. The van der Waals surface area contributed by atoms with Gasteiger partial charge in [0.2, 0.25) is 0 Å². The molecule has 82 valence electrons. The van der Waals surface area contributed by atoms with Crippen molar-refractivity contribution in [1.82, 2.24) is 0 Å². The summed E-state index contributed by atoms with van der Waals surface area (Å²) in [5.74, 6) is 0.526. The molecule has 0 aromatic heterocycles. The minimum absolute atomic E-state index is 0.0969. The van der Waals surface area contributed by atoms with Crippen LogP contribution in [0.1, 0.15) is 28.4 Å². The van der Waals surface area contributed by atoms with Gasteiger partial charge in [0.1, 0.15) is 5.75 Å². The van der Waals surface area contributed by atoms with E-state index in [0.717, 1.165) is 11.1 Å². The molecule has 0 N–H and O–H groups in total. The number of halogens is 1. The molecule has 1 rings (SSSR count). The first-order valence-electron chi connectivity index (χ1n) is 4.81. The monoisotopic (exact) mass is 226 g/mol. The average Bonchev–Trinajstić information content (AvgIpc) is 2.15. The van der Waals surface area contributed by atoms with Crippen molar-refractivity contribution in [2.24, 2.45) is 0 Å². The van der Waals surface area contributed by atoms with Crippen LogP contribution in [0.15, 0.2) is 12.1 Å². The van der Waals surface area contributed by atoms with E-state index in [1.807, 2.05) is 26.0 Å². The van der Waals surface area contributed by atoms with E-state index in [1.54, 1.807) is 14.0 Å². The molecule has 0 aliphatic heterocycles. The first kappa shape index (κ1) is 12.1. The molecule has 0 aliphatic rings. The fourth-order valence-electron chi connectivity index (χ4n) is 1.62. The van der Waals surface area contributed by atoms with Gasteiger partial charge in [0, 0.05) is 0 Å². The number of carbonyl (C=O) groups excluding carboxylic acids is 1. The van der Waals surface area contributed by atoms with Crippen LogP contribution in [0.25, 0.3) is 0 Å². The Hall–Kier alpha value is -1.02. The van der Waals surface area contributed by atoms with Crippen LogP contribution in [-0.4, -0.2) is 18.3 Å². The molecule has 0 bridgehead atoms. The lowest BCUT2D eigenvalue weighted by atomic mass is 10.0. The van der Waals surface area contributed by atoms with Crippen LogP contribution in [0.4, 0.5) is 0 Å². The van der Waals surface area contributed by atoms with Gasteiger partial charge in [0.05, 0.1) is 18.1 Å². The molecule has 1 aromatic carbocycles. The summed E-state index contributed by atoms with van der Waals surface area (Å²) in [5.41, 5.74) is 2.56.